The van der Waals surface area contributed by atoms with Crippen molar-refractivity contribution in [3.8, 4) is 0 Å². The van der Waals surface area contributed by atoms with Crippen molar-refractivity contribution >= 4 is 35.0 Å². The molecule has 3 heterocycles. The van der Waals surface area contributed by atoms with Crippen molar-refractivity contribution in [3.63, 3.8) is 0 Å². The quantitative estimate of drug-likeness (QED) is 0.489. The van der Waals surface area contributed by atoms with E-state index in [0.717, 1.165) is 31.3 Å². The molecule has 1 aliphatic heterocycles. The molecule has 8 nitrogen and oxygen atoms in total. The Morgan fingerprint density at radius 2 is 1.81 bits per heavy atom. The fourth-order valence-electron chi connectivity index (χ4n) is 5.16. The number of carbonyl (C=O) groups is 1. The van der Waals surface area contributed by atoms with Crippen LogP contribution in [0.25, 0.3) is 0 Å². The molecule has 2 fully saturated rings. The van der Waals surface area contributed by atoms with Crippen LogP contribution in [0, 0.1) is 17.7 Å². The summed E-state index contributed by atoms with van der Waals surface area (Å²) in [7, 11) is 1.66. The van der Waals surface area contributed by atoms with Gasteiger partial charge in [0.25, 0.3) is 5.91 Å². The van der Waals surface area contributed by atoms with Crippen molar-refractivity contribution in [1.82, 2.24) is 19.7 Å². The summed E-state index contributed by atoms with van der Waals surface area (Å²) in [6.45, 7) is 1.20. The molecule has 190 valence electrons. The number of aromatic nitrogens is 4. The van der Waals surface area contributed by atoms with Crippen molar-refractivity contribution in [3.05, 3.63) is 58.3 Å². The predicted molar refractivity (Wildman–Crippen MR) is 125 cm³/mol. The third-order valence-corrected chi connectivity index (χ3v) is 7.20. The van der Waals surface area contributed by atoms with Crippen molar-refractivity contribution in [2.45, 2.75) is 24.9 Å². The first-order valence-electron chi connectivity index (χ1n) is 11.2. The van der Waals surface area contributed by atoms with Crippen LogP contribution in [0.4, 0.5) is 35.0 Å². The number of hydrogen-bond acceptors (Lipinski definition) is 6. The lowest BCUT2D eigenvalue weighted by atomic mass is 9.97. The molecule has 1 aliphatic carbocycles. The zero-order chi connectivity index (χ0) is 25.8. The number of nitrogens with one attached hydrogen (secondary N) is 1. The fraction of sp³-hybridized carbons (Fsp3) is 0.391. The highest BCUT2D eigenvalue weighted by atomic mass is 35.5. The van der Waals surface area contributed by atoms with Gasteiger partial charge in [-0.05, 0) is 42.9 Å². The maximum absolute atomic E-state index is 13.5. The minimum atomic E-state index is -4.48. The van der Waals surface area contributed by atoms with E-state index in [4.69, 9.17) is 17.3 Å². The number of carbonyl (C=O) groups excluding carboxylic acids is 1. The summed E-state index contributed by atoms with van der Waals surface area (Å²) >= 11 is 5.82. The number of nitrogens with two attached hydrogens (primary N) is 1. The highest BCUT2D eigenvalue weighted by molar-refractivity contribution is 6.31. The van der Waals surface area contributed by atoms with Gasteiger partial charge in [0.05, 0.1) is 16.3 Å². The van der Waals surface area contributed by atoms with Crippen LogP contribution in [-0.2, 0) is 13.2 Å². The largest absolute Gasteiger partial charge is 0.419 e. The molecule has 3 aromatic rings. The van der Waals surface area contributed by atoms with Crippen LogP contribution < -0.4 is 16.0 Å². The van der Waals surface area contributed by atoms with Gasteiger partial charge in [0.2, 0.25) is 5.95 Å². The van der Waals surface area contributed by atoms with Crippen LogP contribution in [0.1, 0.15) is 40.4 Å². The first-order chi connectivity index (χ1) is 17.0. The molecule has 0 spiro atoms. The van der Waals surface area contributed by atoms with Gasteiger partial charge in [0.15, 0.2) is 0 Å². The Kier molecular flexibility index (Phi) is 6.01. The summed E-state index contributed by atoms with van der Waals surface area (Å²) in [4.78, 5) is 22.8. The second-order valence-corrected chi connectivity index (χ2v) is 9.62. The van der Waals surface area contributed by atoms with Gasteiger partial charge >= 0.3 is 6.18 Å². The molecule has 3 N–H and O–H groups in total. The summed E-state index contributed by atoms with van der Waals surface area (Å²) in [5.41, 5.74) is 6.49. The van der Waals surface area contributed by atoms with E-state index in [1.165, 1.54) is 16.8 Å². The third-order valence-electron chi connectivity index (χ3n) is 6.91. The van der Waals surface area contributed by atoms with E-state index in [9.17, 15) is 22.4 Å². The average molecular weight is 524 g/mol. The second kappa shape index (κ2) is 8.91. The van der Waals surface area contributed by atoms with E-state index in [0.29, 0.717) is 24.5 Å². The van der Waals surface area contributed by atoms with Crippen LogP contribution in [0.15, 0.2) is 30.6 Å². The van der Waals surface area contributed by atoms with Crippen molar-refractivity contribution in [2.75, 3.05) is 29.0 Å². The van der Waals surface area contributed by atoms with Crippen LogP contribution in [-0.4, -0.2) is 38.7 Å². The van der Waals surface area contributed by atoms with Gasteiger partial charge in [-0.1, -0.05) is 11.6 Å². The van der Waals surface area contributed by atoms with E-state index in [1.807, 2.05) is 4.90 Å². The van der Waals surface area contributed by atoms with E-state index in [1.54, 1.807) is 7.05 Å². The van der Waals surface area contributed by atoms with Crippen LogP contribution in [0.5, 0.6) is 0 Å². The van der Waals surface area contributed by atoms with Crippen LogP contribution in [0.2, 0.25) is 5.02 Å². The molecule has 2 unspecified atom stereocenters. The normalized spacial score (nSPS) is 21.6. The number of anilines is 3. The number of benzene rings is 1. The van der Waals surface area contributed by atoms with Crippen LogP contribution >= 0.6 is 11.6 Å². The SMILES string of the molecule is Cn1nc(C2CC3CN(c4ncc(C(F)(F)F)cn4)CC3C2)c(C(=O)Nc2ccc(F)c(Cl)c2)c1N. The molecule has 1 aromatic carbocycles. The Balaban J connectivity index is 1.30. The van der Waals surface area contributed by atoms with Gasteiger partial charge < -0.3 is 16.0 Å². The fourth-order valence-corrected chi connectivity index (χ4v) is 5.34. The van der Waals surface area contributed by atoms with Gasteiger partial charge in [0.1, 0.15) is 17.2 Å². The molecule has 1 saturated heterocycles. The Morgan fingerprint density at radius 1 is 1.17 bits per heavy atom. The molecule has 2 atom stereocenters. The Hall–Kier alpha value is -3.41. The molecular formula is C23H22ClF4N7O. The summed E-state index contributed by atoms with van der Waals surface area (Å²) in [6.07, 6.45) is -1.41. The maximum atomic E-state index is 13.5. The maximum Gasteiger partial charge on any atom is 0.419 e. The molecular weight excluding hydrogens is 502 g/mol. The van der Waals surface area contributed by atoms with Crippen LogP contribution in [0.3, 0.4) is 0 Å². The van der Waals surface area contributed by atoms with Crippen molar-refractivity contribution in [1.29, 1.82) is 0 Å². The Labute approximate surface area is 208 Å². The molecule has 2 aromatic heterocycles. The summed E-state index contributed by atoms with van der Waals surface area (Å²) < 4.78 is 53.3. The van der Waals surface area contributed by atoms with Gasteiger partial charge in [-0.15, -0.1) is 0 Å². The van der Waals surface area contributed by atoms with Gasteiger partial charge in [0, 0.05) is 44.1 Å². The predicted octanol–water partition coefficient (Wildman–Crippen LogP) is 4.49. The van der Waals surface area contributed by atoms with E-state index < -0.39 is 23.5 Å². The number of aryl methyl sites for hydroxylation is 1. The molecule has 0 radical (unpaired) electrons. The molecule has 5 rings (SSSR count). The number of alkyl halides is 3. The highest BCUT2D eigenvalue weighted by Crippen LogP contribution is 2.47. The first-order valence-corrected chi connectivity index (χ1v) is 11.6. The van der Waals surface area contributed by atoms with Gasteiger partial charge in [-0.25, -0.2) is 14.4 Å². The smallest absolute Gasteiger partial charge is 0.383 e. The highest BCUT2D eigenvalue weighted by Gasteiger charge is 2.44. The number of halogens is 5. The Bertz CT molecular complexity index is 1300. The summed E-state index contributed by atoms with van der Waals surface area (Å²) in [5.74, 6) is -0.0928. The molecule has 2 aliphatic rings. The van der Waals surface area contributed by atoms with Gasteiger partial charge in [-0.2, -0.15) is 18.3 Å². The average Bonchev–Trinajstić information content (AvgIpc) is 3.48. The third kappa shape index (κ3) is 4.45. The number of hydrogen-bond donors (Lipinski definition) is 2. The molecule has 1 saturated carbocycles. The summed E-state index contributed by atoms with van der Waals surface area (Å²) in [5, 5.41) is 7.12. The number of fused-ring (bicyclic) bond motifs is 1. The zero-order valence-corrected chi connectivity index (χ0v) is 19.8. The topological polar surface area (TPSA) is 102 Å². The van der Waals surface area contributed by atoms with E-state index in [2.05, 4.69) is 20.4 Å². The lowest BCUT2D eigenvalue weighted by Crippen LogP contribution is -2.24. The van der Waals surface area contributed by atoms with E-state index >= 15 is 0 Å². The minimum absolute atomic E-state index is 0.0169. The molecule has 0 bridgehead atoms. The number of amides is 1. The molecule has 13 heteroatoms. The lowest BCUT2D eigenvalue weighted by molar-refractivity contribution is -0.138. The molecule has 36 heavy (non-hydrogen) atoms. The van der Waals surface area contributed by atoms with Gasteiger partial charge in [-0.3, -0.25) is 9.48 Å². The first kappa shape index (κ1) is 24.3. The lowest BCUT2D eigenvalue weighted by Gasteiger charge is -2.19. The monoisotopic (exact) mass is 523 g/mol. The number of rotatable bonds is 4. The number of nitrogens with zero attached hydrogens (tertiary/aromatic N) is 5. The second-order valence-electron chi connectivity index (χ2n) is 9.22. The van der Waals surface area contributed by atoms with Crippen molar-refractivity contribution in [2.24, 2.45) is 18.9 Å². The minimum Gasteiger partial charge on any atom is -0.383 e. The summed E-state index contributed by atoms with van der Waals surface area (Å²) in [6, 6.07) is 3.89. The van der Waals surface area contributed by atoms with Crippen molar-refractivity contribution < 1.29 is 22.4 Å². The Morgan fingerprint density at radius 3 is 2.39 bits per heavy atom. The standard InChI is InChI=1S/C23H22ClF4N7O/c1-34-20(29)18(21(36)32-15-2-3-17(25)16(24)6-15)19(33-34)11-4-12-9-35(10-13(12)5-11)22-30-7-14(8-31-22)23(26,27)28/h2-3,6-8,11-13H,4-5,9-10,29H2,1H3,(H,32,36). The molecule has 1 amide bonds. The van der Waals surface area contributed by atoms with E-state index in [-0.39, 0.29) is 40.1 Å². The zero-order valence-electron chi connectivity index (χ0n) is 19.1. The number of nitrogen functional groups attached to an aromatic ring is 1.